The van der Waals surface area contributed by atoms with E-state index >= 15 is 0 Å². The van der Waals surface area contributed by atoms with Crippen molar-refractivity contribution in [2.75, 3.05) is 5.32 Å². The molecule has 3 nitrogen and oxygen atoms in total. The van der Waals surface area contributed by atoms with Crippen LogP contribution in [0, 0.1) is 0 Å². The lowest BCUT2D eigenvalue weighted by Gasteiger charge is -2.29. The second-order valence-corrected chi connectivity index (χ2v) is 5.17. The average molecular weight is 282 g/mol. The van der Waals surface area contributed by atoms with E-state index in [1.165, 1.54) is 0 Å². The van der Waals surface area contributed by atoms with Crippen molar-refractivity contribution in [1.82, 2.24) is 4.90 Å². The number of urea groups is 1. The molecule has 2 amide bonds. The molecule has 0 saturated heterocycles. The Morgan fingerprint density at radius 1 is 1.05 bits per heavy atom. The van der Waals surface area contributed by atoms with Crippen molar-refractivity contribution in [3.63, 3.8) is 0 Å². The fraction of sp³-hybridized carbons (Fsp3) is 0.278. The lowest BCUT2D eigenvalue weighted by molar-refractivity contribution is 0.187. The molecular formula is C18H22N2O. The van der Waals surface area contributed by atoms with Crippen LogP contribution in [0.25, 0.3) is 0 Å². The molecule has 0 fully saturated rings. The molecule has 0 aliphatic rings. The van der Waals surface area contributed by atoms with Crippen molar-refractivity contribution in [3.05, 3.63) is 66.2 Å². The maximum Gasteiger partial charge on any atom is 0.322 e. The molecule has 0 aromatic heterocycles. The second kappa shape index (κ2) is 7.48. The molecular weight excluding hydrogens is 260 g/mol. The van der Waals surface area contributed by atoms with Crippen LogP contribution in [-0.4, -0.2) is 17.0 Å². The van der Waals surface area contributed by atoms with Gasteiger partial charge in [-0.15, -0.1) is 0 Å². The van der Waals surface area contributed by atoms with Crippen molar-refractivity contribution >= 4 is 11.7 Å². The summed E-state index contributed by atoms with van der Waals surface area (Å²) < 4.78 is 0. The average Bonchev–Trinajstić information content (AvgIpc) is 2.53. The first-order chi connectivity index (χ1) is 10.2. The van der Waals surface area contributed by atoms with E-state index in [0.717, 1.165) is 17.7 Å². The van der Waals surface area contributed by atoms with Crippen LogP contribution in [-0.2, 0) is 6.54 Å². The van der Waals surface area contributed by atoms with Gasteiger partial charge in [0.25, 0.3) is 0 Å². The van der Waals surface area contributed by atoms with Gasteiger partial charge < -0.3 is 10.2 Å². The molecule has 1 N–H and O–H groups in total. The van der Waals surface area contributed by atoms with Gasteiger partial charge in [-0.1, -0.05) is 55.5 Å². The summed E-state index contributed by atoms with van der Waals surface area (Å²) >= 11 is 0. The maximum absolute atomic E-state index is 12.5. The van der Waals surface area contributed by atoms with Crippen LogP contribution in [0.3, 0.4) is 0 Å². The third-order valence-corrected chi connectivity index (χ3v) is 3.60. The van der Waals surface area contributed by atoms with Gasteiger partial charge in [-0.3, -0.25) is 0 Å². The second-order valence-electron chi connectivity index (χ2n) is 5.17. The fourth-order valence-electron chi connectivity index (χ4n) is 2.15. The number of carbonyl (C=O) groups excluding carboxylic acids is 1. The molecule has 3 heteroatoms. The van der Waals surface area contributed by atoms with Gasteiger partial charge >= 0.3 is 6.03 Å². The Balaban J connectivity index is 2.10. The zero-order valence-corrected chi connectivity index (χ0v) is 12.6. The first-order valence-corrected chi connectivity index (χ1v) is 7.37. The minimum atomic E-state index is -0.0561. The SMILES string of the molecule is CCC(C)N(Cc1ccccc1)C(=O)Nc1ccccc1. The molecule has 0 heterocycles. The summed E-state index contributed by atoms with van der Waals surface area (Å²) in [6.45, 7) is 4.79. The molecule has 1 atom stereocenters. The first kappa shape index (κ1) is 15.1. The zero-order valence-electron chi connectivity index (χ0n) is 12.6. The Labute approximate surface area is 126 Å². The Hall–Kier alpha value is -2.29. The quantitative estimate of drug-likeness (QED) is 0.859. The van der Waals surface area contributed by atoms with Gasteiger partial charge in [0.15, 0.2) is 0 Å². The molecule has 2 aromatic rings. The Morgan fingerprint density at radius 3 is 2.19 bits per heavy atom. The van der Waals surface area contributed by atoms with Gasteiger partial charge in [-0.25, -0.2) is 4.79 Å². The van der Waals surface area contributed by atoms with Gasteiger partial charge in [0.2, 0.25) is 0 Å². The van der Waals surface area contributed by atoms with E-state index in [4.69, 9.17) is 0 Å². The van der Waals surface area contributed by atoms with Crippen LogP contribution in [0.1, 0.15) is 25.8 Å². The number of carbonyl (C=O) groups is 1. The van der Waals surface area contributed by atoms with Crippen LogP contribution in [0.2, 0.25) is 0 Å². The number of nitrogens with zero attached hydrogens (tertiary/aromatic N) is 1. The van der Waals surface area contributed by atoms with Crippen LogP contribution in [0.15, 0.2) is 60.7 Å². The minimum Gasteiger partial charge on any atom is -0.318 e. The standard InChI is InChI=1S/C18H22N2O/c1-3-15(2)20(14-16-10-6-4-7-11-16)18(21)19-17-12-8-5-9-13-17/h4-13,15H,3,14H2,1-2H3,(H,19,21). The molecule has 0 bridgehead atoms. The van der Waals surface area contributed by atoms with E-state index in [-0.39, 0.29) is 12.1 Å². The first-order valence-electron chi connectivity index (χ1n) is 7.37. The van der Waals surface area contributed by atoms with Gasteiger partial charge in [0, 0.05) is 18.3 Å². The zero-order chi connectivity index (χ0) is 15.1. The number of amides is 2. The lowest BCUT2D eigenvalue weighted by Crippen LogP contribution is -2.40. The third-order valence-electron chi connectivity index (χ3n) is 3.60. The fourth-order valence-corrected chi connectivity index (χ4v) is 2.15. The summed E-state index contributed by atoms with van der Waals surface area (Å²) in [4.78, 5) is 14.4. The molecule has 110 valence electrons. The van der Waals surface area contributed by atoms with Gasteiger partial charge in [-0.2, -0.15) is 0 Å². The van der Waals surface area contributed by atoms with Crippen molar-refractivity contribution in [1.29, 1.82) is 0 Å². The third kappa shape index (κ3) is 4.35. The monoisotopic (exact) mass is 282 g/mol. The number of nitrogens with one attached hydrogen (secondary N) is 1. The lowest BCUT2D eigenvalue weighted by atomic mass is 10.1. The normalized spacial score (nSPS) is 11.7. The molecule has 1 unspecified atom stereocenters. The molecule has 21 heavy (non-hydrogen) atoms. The predicted molar refractivity (Wildman–Crippen MR) is 87.2 cm³/mol. The number of para-hydroxylation sites is 1. The van der Waals surface area contributed by atoms with E-state index in [2.05, 4.69) is 19.2 Å². The molecule has 0 aliphatic carbocycles. The highest BCUT2D eigenvalue weighted by Crippen LogP contribution is 2.14. The highest BCUT2D eigenvalue weighted by atomic mass is 16.2. The Bertz CT molecular complexity index is 554. The van der Waals surface area contributed by atoms with Gasteiger partial charge in [0.1, 0.15) is 0 Å². The van der Waals surface area contributed by atoms with Crippen LogP contribution >= 0.6 is 0 Å². The number of benzene rings is 2. The summed E-state index contributed by atoms with van der Waals surface area (Å²) in [5, 5.41) is 2.96. The predicted octanol–water partition coefficient (Wildman–Crippen LogP) is 4.52. The maximum atomic E-state index is 12.5. The van der Waals surface area contributed by atoms with E-state index in [1.807, 2.05) is 65.6 Å². The summed E-state index contributed by atoms with van der Waals surface area (Å²) in [5.41, 5.74) is 1.96. The van der Waals surface area contributed by atoms with Crippen LogP contribution in [0.5, 0.6) is 0 Å². The van der Waals surface area contributed by atoms with Crippen LogP contribution in [0.4, 0.5) is 10.5 Å². The van der Waals surface area contributed by atoms with E-state index in [1.54, 1.807) is 0 Å². The molecule has 2 rings (SSSR count). The molecule has 0 saturated carbocycles. The summed E-state index contributed by atoms with van der Waals surface area (Å²) in [6.07, 6.45) is 0.926. The number of rotatable bonds is 5. The van der Waals surface area contributed by atoms with Crippen molar-refractivity contribution < 1.29 is 4.79 Å². The topological polar surface area (TPSA) is 32.3 Å². The van der Waals surface area contributed by atoms with E-state index < -0.39 is 0 Å². The summed E-state index contributed by atoms with van der Waals surface area (Å²) in [6, 6.07) is 19.8. The van der Waals surface area contributed by atoms with Crippen molar-refractivity contribution in [2.45, 2.75) is 32.9 Å². The highest BCUT2D eigenvalue weighted by molar-refractivity contribution is 5.89. The number of hydrogen-bond donors (Lipinski definition) is 1. The summed E-state index contributed by atoms with van der Waals surface area (Å²) in [7, 11) is 0. The minimum absolute atomic E-state index is 0.0561. The van der Waals surface area contributed by atoms with E-state index in [9.17, 15) is 4.79 Å². The van der Waals surface area contributed by atoms with Gasteiger partial charge in [-0.05, 0) is 31.0 Å². The Kier molecular flexibility index (Phi) is 5.38. The smallest absolute Gasteiger partial charge is 0.318 e. The number of anilines is 1. The molecule has 0 radical (unpaired) electrons. The largest absolute Gasteiger partial charge is 0.322 e. The van der Waals surface area contributed by atoms with Gasteiger partial charge in [0.05, 0.1) is 0 Å². The molecule has 0 spiro atoms. The van der Waals surface area contributed by atoms with E-state index in [0.29, 0.717) is 6.54 Å². The number of hydrogen-bond acceptors (Lipinski definition) is 1. The summed E-state index contributed by atoms with van der Waals surface area (Å²) in [5.74, 6) is 0. The van der Waals surface area contributed by atoms with Crippen molar-refractivity contribution in [2.24, 2.45) is 0 Å². The highest BCUT2D eigenvalue weighted by Gasteiger charge is 2.19. The Morgan fingerprint density at radius 2 is 1.62 bits per heavy atom. The molecule has 2 aromatic carbocycles. The van der Waals surface area contributed by atoms with Crippen LogP contribution < -0.4 is 5.32 Å². The van der Waals surface area contributed by atoms with Crippen molar-refractivity contribution in [3.8, 4) is 0 Å². The molecule has 0 aliphatic heterocycles.